The van der Waals surface area contributed by atoms with Crippen LogP contribution in [0.2, 0.25) is 0 Å². The van der Waals surface area contributed by atoms with E-state index in [0.717, 1.165) is 19.0 Å². The molecule has 2 nitrogen and oxygen atoms in total. The fourth-order valence-electron chi connectivity index (χ4n) is 2.19. The number of hydrogen-bond acceptors (Lipinski definition) is 3. The van der Waals surface area contributed by atoms with Gasteiger partial charge in [0.15, 0.2) is 0 Å². The molecule has 1 aliphatic carbocycles. The van der Waals surface area contributed by atoms with Gasteiger partial charge >= 0.3 is 0 Å². The smallest absolute Gasteiger partial charge is 0.0332 e. The zero-order valence-electron chi connectivity index (χ0n) is 9.87. The average molecular weight is 303 g/mol. The van der Waals surface area contributed by atoms with Crippen molar-refractivity contribution in [2.75, 3.05) is 13.6 Å². The van der Waals surface area contributed by atoms with Gasteiger partial charge in [-0.2, -0.15) is 0 Å². The van der Waals surface area contributed by atoms with Crippen molar-refractivity contribution in [3.05, 3.63) is 20.8 Å². The molecule has 2 N–H and O–H groups in total. The summed E-state index contributed by atoms with van der Waals surface area (Å²) in [6, 6.07) is 2.20. The molecule has 16 heavy (non-hydrogen) atoms. The van der Waals surface area contributed by atoms with Gasteiger partial charge in [-0.1, -0.05) is 0 Å². The van der Waals surface area contributed by atoms with Crippen molar-refractivity contribution < 1.29 is 0 Å². The van der Waals surface area contributed by atoms with E-state index in [9.17, 15) is 0 Å². The molecule has 90 valence electrons. The summed E-state index contributed by atoms with van der Waals surface area (Å²) < 4.78 is 1.18. The second kappa shape index (κ2) is 4.77. The quantitative estimate of drug-likeness (QED) is 0.906. The Morgan fingerprint density at radius 1 is 1.62 bits per heavy atom. The first-order chi connectivity index (χ1) is 7.56. The van der Waals surface area contributed by atoms with Crippen LogP contribution in [0, 0.1) is 5.92 Å². The molecule has 0 spiro atoms. The largest absolute Gasteiger partial charge is 0.329 e. The van der Waals surface area contributed by atoms with E-state index in [1.807, 2.05) is 11.3 Å². The van der Waals surface area contributed by atoms with E-state index >= 15 is 0 Å². The second-order valence-corrected chi connectivity index (χ2v) is 6.83. The van der Waals surface area contributed by atoms with E-state index in [1.165, 1.54) is 22.2 Å². The van der Waals surface area contributed by atoms with Crippen LogP contribution in [0.15, 0.2) is 15.9 Å². The number of nitrogens with zero attached hydrogens (tertiary/aromatic N) is 1. The van der Waals surface area contributed by atoms with E-state index in [1.54, 1.807) is 0 Å². The van der Waals surface area contributed by atoms with E-state index < -0.39 is 0 Å². The molecule has 4 heteroatoms. The summed E-state index contributed by atoms with van der Waals surface area (Å²) in [6.45, 7) is 4.05. The lowest BCUT2D eigenvalue weighted by molar-refractivity contribution is 0.114. The molecule has 1 aromatic heterocycles. The minimum absolute atomic E-state index is 0.177. The Balaban J connectivity index is 2.03. The standard InChI is InChI=1S/C12H19BrN2S/c1-12(8-14,9-3-4-9)15(2)6-11-5-10(13)7-16-11/h5,7,9H,3-4,6,8,14H2,1-2H3. The molecule has 0 amide bonds. The van der Waals surface area contributed by atoms with Crippen molar-refractivity contribution in [1.82, 2.24) is 4.90 Å². The molecule has 1 aliphatic rings. The predicted molar refractivity (Wildman–Crippen MR) is 73.7 cm³/mol. The number of likely N-dealkylation sites (N-methyl/N-ethyl adjacent to an activating group) is 1. The first-order valence-electron chi connectivity index (χ1n) is 5.70. The summed E-state index contributed by atoms with van der Waals surface area (Å²) in [4.78, 5) is 3.82. The fourth-order valence-corrected chi connectivity index (χ4v) is 3.69. The summed E-state index contributed by atoms with van der Waals surface area (Å²) in [5.41, 5.74) is 6.14. The van der Waals surface area contributed by atoms with Crippen LogP contribution in [0.25, 0.3) is 0 Å². The topological polar surface area (TPSA) is 29.3 Å². The monoisotopic (exact) mass is 302 g/mol. The lowest BCUT2D eigenvalue weighted by Gasteiger charge is -2.38. The Morgan fingerprint density at radius 2 is 2.31 bits per heavy atom. The molecular formula is C12H19BrN2S. The highest BCUT2D eigenvalue weighted by Gasteiger charge is 2.43. The van der Waals surface area contributed by atoms with E-state index in [-0.39, 0.29) is 5.54 Å². The maximum atomic E-state index is 5.96. The van der Waals surface area contributed by atoms with Gasteiger partial charge in [0.1, 0.15) is 0 Å². The second-order valence-electron chi connectivity index (χ2n) is 4.92. The Hall–Kier alpha value is 0.1000. The first kappa shape index (κ1) is 12.6. The Bertz CT molecular complexity index is 362. The first-order valence-corrected chi connectivity index (χ1v) is 7.38. The number of thiophene rings is 1. The minimum atomic E-state index is 0.177. The summed E-state index contributed by atoms with van der Waals surface area (Å²) >= 11 is 5.31. The van der Waals surface area contributed by atoms with E-state index in [2.05, 4.69) is 46.2 Å². The van der Waals surface area contributed by atoms with Crippen molar-refractivity contribution in [3.63, 3.8) is 0 Å². The molecule has 1 aromatic rings. The Kier molecular flexibility index (Phi) is 3.74. The van der Waals surface area contributed by atoms with Gasteiger partial charge in [0.2, 0.25) is 0 Å². The maximum absolute atomic E-state index is 5.96. The highest BCUT2D eigenvalue weighted by molar-refractivity contribution is 9.10. The third kappa shape index (κ3) is 2.50. The number of nitrogens with two attached hydrogens (primary N) is 1. The van der Waals surface area contributed by atoms with Crippen molar-refractivity contribution in [2.24, 2.45) is 11.7 Å². The lowest BCUT2D eigenvalue weighted by atomic mass is 9.94. The van der Waals surface area contributed by atoms with Crippen molar-refractivity contribution in [1.29, 1.82) is 0 Å². The normalized spacial score (nSPS) is 20.1. The molecule has 0 radical (unpaired) electrons. The highest BCUT2D eigenvalue weighted by Crippen LogP contribution is 2.42. The molecule has 1 atom stereocenters. The fraction of sp³-hybridized carbons (Fsp3) is 0.667. The van der Waals surface area contributed by atoms with Gasteiger partial charge in [-0.25, -0.2) is 0 Å². The molecule has 1 fully saturated rings. The third-order valence-electron chi connectivity index (χ3n) is 3.76. The van der Waals surface area contributed by atoms with Crippen molar-refractivity contribution in [3.8, 4) is 0 Å². The number of rotatable bonds is 5. The highest BCUT2D eigenvalue weighted by atomic mass is 79.9. The van der Waals surface area contributed by atoms with Crippen LogP contribution in [-0.2, 0) is 6.54 Å². The Morgan fingerprint density at radius 3 is 2.75 bits per heavy atom. The number of halogens is 1. The SMILES string of the molecule is CN(Cc1cc(Br)cs1)C(C)(CN)C1CC1. The minimum Gasteiger partial charge on any atom is -0.329 e. The molecule has 1 saturated carbocycles. The van der Waals surface area contributed by atoms with Crippen LogP contribution < -0.4 is 5.73 Å². The van der Waals surface area contributed by atoms with Crippen LogP contribution in [0.5, 0.6) is 0 Å². The van der Waals surface area contributed by atoms with Crippen LogP contribution in [-0.4, -0.2) is 24.0 Å². The van der Waals surface area contributed by atoms with Gasteiger partial charge in [-0.3, -0.25) is 4.90 Å². The zero-order chi connectivity index (χ0) is 11.8. The van der Waals surface area contributed by atoms with Gasteiger partial charge in [0, 0.05) is 33.4 Å². The van der Waals surface area contributed by atoms with Gasteiger partial charge in [-0.15, -0.1) is 11.3 Å². The van der Waals surface area contributed by atoms with Gasteiger partial charge in [0.05, 0.1) is 0 Å². The van der Waals surface area contributed by atoms with E-state index in [4.69, 9.17) is 5.73 Å². The summed E-state index contributed by atoms with van der Waals surface area (Å²) in [7, 11) is 2.19. The predicted octanol–water partition coefficient (Wildman–Crippen LogP) is 3.07. The molecule has 1 heterocycles. The summed E-state index contributed by atoms with van der Waals surface area (Å²) in [5.74, 6) is 0.797. The maximum Gasteiger partial charge on any atom is 0.0332 e. The zero-order valence-corrected chi connectivity index (χ0v) is 12.3. The third-order valence-corrected chi connectivity index (χ3v) is 5.44. The van der Waals surface area contributed by atoms with Gasteiger partial charge < -0.3 is 5.73 Å². The average Bonchev–Trinajstić information content (AvgIpc) is 3.03. The lowest BCUT2D eigenvalue weighted by Crippen LogP contribution is -2.50. The van der Waals surface area contributed by atoms with Crippen LogP contribution in [0.4, 0.5) is 0 Å². The van der Waals surface area contributed by atoms with Crippen molar-refractivity contribution in [2.45, 2.75) is 31.8 Å². The van der Waals surface area contributed by atoms with Gasteiger partial charge in [-0.05, 0) is 54.7 Å². The van der Waals surface area contributed by atoms with Gasteiger partial charge in [0.25, 0.3) is 0 Å². The molecule has 0 aliphatic heterocycles. The molecule has 1 unspecified atom stereocenters. The molecule has 0 bridgehead atoms. The van der Waals surface area contributed by atoms with Crippen LogP contribution in [0.3, 0.4) is 0 Å². The number of hydrogen-bond donors (Lipinski definition) is 1. The molecular weight excluding hydrogens is 284 g/mol. The van der Waals surface area contributed by atoms with Crippen LogP contribution >= 0.6 is 27.3 Å². The van der Waals surface area contributed by atoms with Crippen LogP contribution in [0.1, 0.15) is 24.6 Å². The van der Waals surface area contributed by atoms with E-state index in [0.29, 0.717) is 0 Å². The molecule has 0 saturated heterocycles. The molecule has 2 rings (SSSR count). The Labute approximate surface area is 110 Å². The summed E-state index contributed by atoms with van der Waals surface area (Å²) in [6.07, 6.45) is 2.68. The molecule has 0 aromatic carbocycles. The summed E-state index contributed by atoms with van der Waals surface area (Å²) in [5, 5.41) is 2.14. The van der Waals surface area contributed by atoms with Crippen molar-refractivity contribution >= 4 is 27.3 Å².